The number of hydrogen-bond donors (Lipinski definition) is 1. The van der Waals surface area contributed by atoms with E-state index in [4.69, 9.17) is 27.9 Å². The molecule has 0 bridgehead atoms. The van der Waals surface area contributed by atoms with Crippen molar-refractivity contribution < 1.29 is 9.84 Å². The largest absolute Gasteiger partial charge is 0.396 e. The number of aliphatic hydroxyl groups is 1. The van der Waals surface area contributed by atoms with E-state index in [1.807, 2.05) is 18.2 Å². The van der Waals surface area contributed by atoms with Crippen LogP contribution < -0.4 is 0 Å². The first-order chi connectivity index (χ1) is 11.2. The van der Waals surface area contributed by atoms with Crippen LogP contribution in [0.3, 0.4) is 0 Å². The Hall–Kier alpha value is -0.360. The molecule has 1 N–H and O–H groups in total. The van der Waals surface area contributed by atoms with Crippen molar-refractivity contribution in [1.82, 2.24) is 9.80 Å². The van der Waals surface area contributed by atoms with Crippen LogP contribution in [0.15, 0.2) is 18.2 Å². The van der Waals surface area contributed by atoms with Gasteiger partial charge in [-0.25, -0.2) is 0 Å². The Kier molecular flexibility index (Phi) is 6.19. The molecule has 6 heteroatoms. The molecule has 2 heterocycles. The SMILES string of the molecule is OC[C@@H]1CN(Cc2cccc(Cl)c2Cl)C[C@@H]1CN1CCOCC1. The molecular formula is C17H24Cl2N2O2. The van der Waals surface area contributed by atoms with Crippen LogP contribution in [0, 0.1) is 11.8 Å². The normalized spacial score (nSPS) is 26.7. The van der Waals surface area contributed by atoms with Gasteiger partial charge in [-0.05, 0) is 23.5 Å². The molecule has 3 rings (SSSR count). The van der Waals surface area contributed by atoms with Crippen LogP contribution in [-0.4, -0.2) is 67.5 Å². The molecule has 0 amide bonds. The fourth-order valence-corrected chi connectivity index (χ4v) is 3.99. The van der Waals surface area contributed by atoms with Gasteiger partial charge in [0.25, 0.3) is 0 Å². The summed E-state index contributed by atoms with van der Waals surface area (Å²) in [4.78, 5) is 4.83. The van der Waals surface area contributed by atoms with Crippen molar-refractivity contribution in [3.63, 3.8) is 0 Å². The third kappa shape index (κ3) is 4.38. The molecule has 23 heavy (non-hydrogen) atoms. The molecule has 0 spiro atoms. The van der Waals surface area contributed by atoms with E-state index in [0.29, 0.717) is 21.9 Å². The van der Waals surface area contributed by atoms with Crippen LogP contribution in [0.2, 0.25) is 10.0 Å². The lowest BCUT2D eigenvalue weighted by Crippen LogP contribution is -2.41. The Balaban J connectivity index is 1.60. The Morgan fingerprint density at radius 1 is 1.09 bits per heavy atom. The van der Waals surface area contributed by atoms with Crippen LogP contribution in [0.5, 0.6) is 0 Å². The van der Waals surface area contributed by atoms with Gasteiger partial charge in [0.1, 0.15) is 0 Å². The fourth-order valence-electron chi connectivity index (χ4n) is 3.61. The molecule has 1 aromatic rings. The minimum absolute atomic E-state index is 0.245. The molecule has 2 aliphatic rings. The van der Waals surface area contributed by atoms with Gasteiger partial charge < -0.3 is 9.84 Å². The van der Waals surface area contributed by atoms with Crippen molar-refractivity contribution in [2.45, 2.75) is 6.54 Å². The van der Waals surface area contributed by atoms with Crippen LogP contribution in [0.4, 0.5) is 0 Å². The van der Waals surface area contributed by atoms with Crippen LogP contribution in [-0.2, 0) is 11.3 Å². The maximum atomic E-state index is 9.73. The Morgan fingerprint density at radius 2 is 1.83 bits per heavy atom. The first-order valence-electron chi connectivity index (χ1n) is 8.23. The number of hydrogen-bond acceptors (Lipinski definition) is 4. The summed E-state index contributed by atoms with van der Waals surface area (Å²) in [5.41, 5.74) is 1.06. The quantitative estimate of drug-likeness (QED) is 0.876. The maximum absolute atomic E-state index is 9.73. The second kappa shape index (κ2) is 8.15. The standard InChI is InChI=1S/C17H24Cl2N2O2/c18-16-3-1-2-13(17(16)19)8-21-10-14(15(11-21)12-22)9-20-4-6-23-7-5-20/h1-3,14-15,22H,4-12H2/t14-,15-/m0/s1. The molecule has 2 saturated heterocycles. The van der Waals surface area contributed by atoms with Gasteiger partial charge in [-0.3, -0.25) is 9.80 Å². The molecule has 0 aromatic heterocycles. The lowest BCUT2D eigenvalue weighted by Gasteiger charge is -2.30. The van der Waals surface area contributed by atoms with E-state index >= 15 is 0 Å². The summed E-state index contributed by atoms with van der Waals surface area (Å²) in [7, 11) is 0. The summed E-state index contributed by atoms with van der Waals surface area (Å²) < 4.78 is 5.41. The first-order valence-corrected chi connectivity index (χ1v) is 8.99. The minimum atomic E-state index is 0.245. The number of nitrogens with zero attached hydrogens (tertiary/aromatic N) is 2. The van der Waals surface area contributed by atoms with E-state index in [-0.39, 0.29) is 6.61 Å². The van der Waals surface area contributed by atoms with Crippen molar-refractivity contribution in [2.24, 2.45) is 11.8 Å². The van der Waals surface area contributed by atoms with Gasteiger partial charge in [-0.1, -0.05) is 35.3 Å². The van der Waals surface area contributed by atoms with Crippen molar-refractivity contribution >= 4 is 23.2 Å². The Morgan fingerprint density at radius 3 is 2.57 bits per heavy atom. The third-order valence-electron chi connectivity index (χ3n) is 4.91. The van der Waals surface area contributed by atoms with Gasteiger partial charge in [-0.15, -0.1) is 0 Å². The summed E-state index contributed by atoms with van der Waals surface area (Å²) in [6, 6.07) is 5.78. The van der Waals surface area contributed by atoms with Gasteiger partial charge in [0.2, 0.25) is 0 Å². The lowest BCUT2D eigenvalue weighted by molar-refractivity contribution is 0.0264. The van der Waals surface area contributed by atoms with Crippen molar-refractivity contribution in [3.8, 4) is 0 Å². The molecule has 128 valence electrons. The maximum Gasteiger partial charge on any atom is 0.0637 e. The predicted molar refractivity (Wildman–Crippen MR) is 93.1 cm³/mol. The lowest BCUT2D eigenvalue weighted by atomic mass is 9.96. The molecule has 2 fully saturated rings. The number of ether oxygens (including phenoxy) is 1. The van der Waals surface area contributed by atoms with E-state index in [0.717, 1.165) is 58.0 Å². The van der Waals surface area contributed by atoms with Crippen LogP contribution >= 0.6 is 23.2 Å². The molecule has 2 aliphatic heterocycles. The predicted octanol–water partition coefficient (Wildman–Crippen LogP) is 2.37. The summed E-state index contributed by atoms with van der Waals surface area (Å²) in [6.45, 7) is 7.60. The van der Waals surface area contributed by atoms with E-state index in [1.165, 1.54) is 0 Å². The highest BCUT2D eigenvalue weighted by Gasteiger charge is 2.33. The molecule has 0 aliphatic carbocycles. The highest BCUT2D eigenvalue weighted by molar-refractivity contribution is 6.42. The van der Waals surface area contributed by atoms with Gasteiger partial charge in [-0.2, -0.15) is 0 Å². The second-order valence-corrected chi connectivity index (χ2v) is 7.31. The van der Waals surface area contributed by atoms with Gasteiger partial charge in [0.15, 0.2) is 0 Å². The number of benzene rings is 1. The smallest absolute Gasteiger partial charge is 0.0637 e. The third-order valence-corrected chi connectivity index (χ3v) is 5.77. The molecule has 0 radical (unpaired) electrons. The number of likely N-dealkylation sites (tertiary alicyclic amines) is 1. The summed E-state index contributed by atoms with van der Waals surface area (Å²) >= 11 is 12.4. The summed E-state index contributed by atoms with van der Waals surface area (Å²) in [6.07, 6.45) is 0. The molecular weight excluding hydrogens is 335 g/mol. The first kappa shape index (κ1) is 17.5. The van der Waals surface area contributed by atoms with Gasteiger partial charge >= 0.3 is 0 Å². The van der Waals surface area contributed by atoms with E-state index in [1.54, 1.807) is 0 Å². The van der Waals surface area contributed by atoms with Crippen LogP contribution in [0.25, 0.3) is 0 Å². The molecule has 4 nitrogen and oxygen atoms in total. The van der Waals surface area contributed by atoms with Crippen molar-refractivity contribution in [3.05, 3.63) is 33.8 Å². The molecule has 1 aromatic carbocycles. The van der Waals surface area contributed by atoms with Crippen LogP contribution in [0.1, 0.15) is 5.56 Å². The van der Waals surface area contributed by atoms with E-state index in [2.05, 4.69) is 9.80 Å². The Labute approximate surface area is 147 Å². The van der Waals surface area contributed by atoms with Crippen molar-refractivity contribution in [1.29, 1.82) is 0 Å². The zero-order valence-electron chi connectivity index (χ0n) is 13.3. The minimum Gasteiger partial charge on any atom is -0.396 e. The molecule has 0 unspecified atom stereocenters. The number of rotatable bonds is 5. The number of aliphatic hydroxyl groups excluding tert-OH is 1. The highest BCUT2D eigenvalue weighted by Crippen LogP contribution is 2.30. The monoisotopic (exact) mass is 358 g/mol. The Bertz CT molecular complexity index is 523. The second-order valence-electron chi connectivity index (χ2n) is 6.52. The van der Waals surface area contributed by atoms with E-state index < -0.39 is 0 Å². The zero-order chi connectivity index (χ0) is 16.2. The van der Waals surface area contributed by atoms with E-state index in [9.17, 15) is 5.11 Å². The highest BCUT2D eigenvalue weighted by atomic mass is 35.5. The molecule has 0 saturated carbocycles. The van der Waals surface area contributed by atoms with Gasteiger partial charge in [0.05, 0.1) is 23.3 Å². The topological polar surface area (TPSA) is 35.9 Å². The number of morpholine rings is 1. The summed E-state index contributed by atoms with van der Waals surface area (Å²) in [5.74, 6) is 0.826. The average molecular weight is 359 g/mol. The van der Waals surface area contributed by atoms with Gasteiger partial charge in [0, 0.05) is 45.9 Å². The zero-order valence-corrected chi connectivity index (χ0v) is 14.8. The number of halogens is 2. The molecule has 2 atom stereocenters. The summed E-state index contributed by atoms with van der Waals surface area (Å²) in [5, 5.41) is 11.0. The van der Waals surface area contributed by atoms with Crippen molar-refractivity contribution in [2.75, 3.05) is 52.5 Å². The fraction of sp³-hybridized carbons (Fsp3) is 0.647. The average Bonchev–Trinajstić information content (AvgIpc) is 2.94.